The maximum absolute atomic E-state index is 12.6. The van der Waals surface area contributed by atoms with Crippen molar-refractivity contribution in [3.05, 3.63) is 0 Å². The molecule has 1 rings (SSSR count). The van der Waals surface area contributed by atoms with E-state index in [1.807, 2.05) is 14.1 Å². The van der Waals surface area contributed by atoms with Crippen LogP contribution in [0.4, 0.5) is 4.79 Å². The lowest BCUT2D eigenvalue weighted by atomic mass is 10.3. The van der Waals surface area contributed by atoms with Crippen molar-refractivity contribution in [3.63, 3.8) is 0 Å². The molecule has 0 bridgehead atoms. The van der Waals surface area contributed by atoms with E-state index in [0.29, 0.717) is 26.2 Å². The SMILES string of the molecule is CCCC[N+](C)(C#N)SN1CCN(S[N+](C)(C#N)CCCC)C1=O. The molecule has 0 spiro atoms. The zero-order chi connectivity index (χ0) is 18.2. The molecular weight excluding hydrogens is 344 g/mol. The second-order valence-electron chi connectivity index (χ2n) is 6.21. The van der Waals surface area contributed by atoms with Crippen LogP contribution in [0.3, 0.4) is 0 Å². The Morgan fingerprint density at radius 3 is 1.62 bits per heavy atom. The first kappa shape index (κ1) is 20.9. The van der Waals surface area contributed by atoms with E-state index in [4.69, 9.17) is 0 Å². The number of nitrogens with zero attached hydrogens (tertiary/aromatic N) is 6. The maximum Gasteiger partial charge on any atom is 0.348 e. The van der Waals surface area contributed by atoms with Gasteiger partial charge in [-0.25, -0.2) is 13.4 Å². The van der Waals surface area contributed by atoms with Crippen LogP contribution in [-0.4, -0.2) is 62.7 Å². The van der Waals surface area contributed by atoms with E-state index in [1.54, 1.807) is 8.61 Å². The van der Waals surface area contributed by atoms with Gasteiger partial charge in [0.05, 0.1) is 27.2 Å². The number of carbonyl (C=O) groups is 1. The van der Waals surface area contributed by atoms with Gasteiger partial charge in [-0.3, -0.25) is 0 Å². The Labute approximate surface area is 154 Å². The Hall–Kier alpha value is -1.13. The van der Waals surface area contributed by atoms with Gasteiger partial charge in [-0.2, -0.15) is 0 Å². The van der Waals surface area contributed by atoms with Gasteiger partial charge in [0.15, 0.2) is 0 Å². The van der Waals surface area contributed by atoms with Crippen molar-refractivity contribution in [3.8, 4) is 12.4 Å². The summed E-state index contributed by atoms with van der Waals surface area (Å²) in [5.41, 5.74) is 0. The smallest absolute Gasteiger partial charge is 0.246 e. The van der Waals surface area contributed by atoms with E-state index in [1.165, 1.54) is 24.3 Å². The molecule has 1 saturated heterocycles. The van der Waals surface area contributed by atoms with Crippen LogP contribution in [0.15, 0.2) is 0 Å². The molecule has 24 heavy (non-hydrogen) atoms. The number of quaternary nitrogens is 2. The molecule has 1 aliphatic heterocycles. The van der Waals surface area contributed by atoms with Crippen LogP contribution >= 0.6 is 24.3 Å². The molecule has 2 atom stereocenters. The predicted octanol–water partition coefficient (Wildman–Crippen LogP) is 3.31. The summed E-state index contributed by atoms with van der Waals surface area (Å²) in [5, 5.41) is 18.9. The van der Waals surface area contributed by atoms with Crippen LogP contribution < -0.4 is 0 Å². The number of hydrogen-bond acceptors (Lipinski definition) is 5. The molecule has 0 N–H and O–H groups in total. The van der Waals surface area contributed by atoms with E-state index >= 15 is 0 Å². The summed E-state index contributed by atoms with van der Waals surface area (Å²) >= 11 is 2.55. The van der Waals surface area contributed by atoms with Gasteiger partial charge in [-0.1, -0.05) is 26.7 Å². The lowest BCUT2D eigenvalue weighted by Gasteiger charge is -2.26. The first-order valence-electron chi connectivity index (χ1n) is 8.35. The van der Waals surface area contributed by atoms with E-state index < -0.39 is 0 Å². The van der Waals surface area contributed by atoms with Crippen molar-refractivity contribution in [2.75, 3.05) is 40.3 Å². The molecular formula is C15H28N6OS2+2. The second-order valence-corrected chi connectivity index (χ2v) is 9.03. The third-order valence-corrected chi connectivity index (χ3v) is 6.11. The summed E-state index contributed by atoms with van der Waals surface area (Å²) in [5.74, 6) is 0. The maximum atomic E-state index is 12.6. The molecule has 134 valence electrons. The number of nitriles is 2. The molecule has 9 heteroatoms. The van der Waals surface area contributed by atoms with Crippen molar-refractivity contribution in [2.45, 2.75) is 39.5 Å². The first-order valence-corrected chi connectivity index (χ1v) is 9.81. The fourth-order valence-corrected chi connectivity index (χ4v) is 4.30. The molecule has 0 aromatic carbocycles. The summed E-state index contributed by atoms with van der Waals surface area (Å²) in [7, 11) is 3.67. The highest BCUT2D eigenvalue weighted by molar-refractivity contribution is 7.93. The van der Waals surface area contributed by atoms with Gasteiger partial charge in [0.1, 0.15) is 13.1 Å². The quantitative estimate of drug-likeness (QED) is 0.334. The lowest BCUT2D eigenvalue weighted by Crippen LogP contribution is -2.40. The molecule has 2 amide bonds. The molecule has 7 nitrogen and oxygen atoms in total. The summed E-state index contributed by atoms with van der Waals surface area (Å²) < 4.78 is 3.54. The summed E-state index contributed by atoms with van der Waals surface area (Å²) in [6.07, 6.45) is 8.49. The fraction of sp³-hybridized carbons (Fsp3) is 0.800. The third kappa shape index (κ3) is 5.75. The molecule has 2 unspecified atom stereocenters. The van der Waals surface area contributed by atoms with Gasteiger partial charge >= 0.3 is 18.4 Å². The van der Waals surface area contributed by atoms with Gasteiger partial charge in [-0.15, -0.1) is 18.3 Å². The molecule has 1 aliphatic rings. The molecule has 0 radical (unpaired) electrons. The number of urea groups is 1. The minimum atomic E-state index is -0.128. The largest absolute Gasteiger partial charge is 0.348 e. The van der Waals surface area contributed by atoms with Crippen molar-refractivity contribution in [2.24, 2.45) is 0 Å². The van der Waals surface area contributed by atoms with Crippen LogP contribution in [0.25, 0.3) is 0 Å². The molecule has 1 heterocycles. The van der Waals surface area contributed by atoms with Crippen LogP contribution in [0, 0.1) is 22.9 Å². The van der Waals surface area contributed by atoms with Gasteiger partial charge in [-0.05, 0) is 12.8 Å². The average molecular weight is 373 g/mol. The van der Waals surface area contributed by atoms with Crippen molar-refractivity contribution in [1.29, 1.82) is 10.5 Å². The minimum Gasteiger partial charge on any atom is -0.246 e. The number of rotatable bonds is 10. The molecule has 0 aromatic heterocycles. The van der Waals surface area contributed by atoms with E-state index in [-0.39, 0.29) is 13.8 Å². The third-order valence-electron chi connectivity index (χ3n) is 3.79. The van der Waals surface area contributed by atoms with Crippen molar-refractivity contribution < 1.29 is 12.6 Å². The number of unbranched alkanes of at least 4 members (excludes halogenated alkanes) is 2. The first-order chi connectivity index (χ1) is 11.3. The van der Waals surface area contributed by atoms with Crippen LogP contribution in [0.2, 0.25) is 0 Å². The summed E-state index contributed by atoms with van der Waals surface area (Å²) in [6.45, 7) is 6.72. The van der Waals surface area contributed by atoms with E-state index in [2.05, 4.69) is 26.2 Å². The van der Waals surface area contributed by atoms with Crippen molar-refractivity contribution in [1.82, 2.24) is 8.61 Å². The standard InChI is InChI=1S/C15H28N6OS2/c1-5-7-11-20(3,13-16)23-18-9-10-19(15(18)22)24-21(4,14-17)12-8-6-2/h5-12H2,1-4H3/q+2. The van der Waals surface area contributed by atoms with Gasteiger partial charge < -0.3 is 0 Å². The monoisotopic (exact) mass is 372 g/mol. The molecule has 1 fully saturated rings. The highest BCUT2D eigenvalue weighted by Crippen LogP contribution is 2.33. The number of amides is 2. The van der Waals surface area contributed by atoms with E-state index in [9.17, 15) is 15.3 Å². The summed E-state index contributed by atoms with van der Waals surface area (Å²) in [4.78, 5) is 12.6. The highest BCUT2D eigenvalue weighted by Gasteiger charge is 2.42. The van der Waals surface area contributed by atoms with Crippen LogP contribution in [-0.2, 0) is 0 Å². The van der Waals surface area contributed by atoms with Crippen LogP contribution in [0.5, 0.6) is 0 Å². The topological polar surface area (TPSA) is 71.1 Å². The Kier molecular flexibility index (Phi) is 8.17. The highest BCUT2D eigenvalue weighted by atomic mass is 32.2. The lowest BCUT2D eigenvalue weighted by molar-refractivity contribution is -0.703. The second kappa shape index (κ2) is 9.38. The number of carbonyl (C=O) groups excluding carboxylic acids is 1. The zero-order valence-corrected chi connectivity index (χ0v) is 16.7. The zero-order valence-electron chi connectivity index (χ0n) is 15.1. The normalized spacial score (nSPS) is 19.5. The molecule has 0 aromatic rings. The van der Waals surface area contributed by atoms with Crippen LogP contribution in [0.1, 0.15) is 39.5 Å². The Balaban J connectivity index is 2.68. The Morgan fingerprint density at radius 2 is 1.33 bits per heavy atom. The predicted molar refractivity (Wildman–Crippen MR) is 97.1 cm³/mol. The minimum absolute atomic E-state index is 0.123. The van der Waals surface area contributed by atoms with Gasteiger partial charge in [0.2, 0.25) is 24.3 Å². The Morgan fingerprint density at radius 1 is 0.958 bits per heavy atom. The van der Waals surface area contributed by atoms with Crippen molar-refractivity contribution >= 4 is 30.3 Å². The number of hydrogen-bond donors (Lipinski definition) is 0. The summed E-state index contributed by atoms with van der Waals surface area (Å²) in [6, 6.07) is -0.128. The van der Waals surface area contributed by atoms with Gasteiger partial charge in [0, 0.05) is 0 Å². The average Bonchev–Trinajstić information content (AvgIpc) is 2.91. The molecule has 0 saturated carbocycles. The van der Waals surface area contributed by atoms with E-state index in [0.717, 1.165) is 25.7 Å². The van der Waals surface area contributed by atoms with Gasteiger partial charge in [0.25, 0.3) is 0 Å². The Bertz CT molecular complexity index is 475. The fourth-order valence-electron chi connectivity index (χ4n) is 2.22. The molecule has 0 aliphatic carbocycles.